The molecule has 66 heavy (non-hydrogen) atoms. The Labute approximate surface area is 384 Å². The van der Waals surface area contributed by atoms with Crippen LogP contribution >= 0.6 is 0 Å². The van der Waals surface area contributed by atoms with E-state index in [1.54, 1.807) is 13.2 Å². The molecule has 6 aliphatic rings. The highest BCUT2D eigenvalue weighted by atomic mass is 16.6. The molecule has 7 heterocycles. The first kappa shape index (κ1) is 44.2. The van der Waals surface area contributed by atoms with Crippen molar-refractivity contribution >= 4 is 40.4 Å². The van der Waals surface area contributed by atoms with E-state index in [9.17, 15) is 19.5 Å². The molecule has 4 aromatic rings. The molecule has 2 bridgehead atoms. The predicted molar refractivity (Wildman–Crippen MR) is 244 cm³/mol. The monoisotopic (exact) mass is 903 g/mol. The van der Waals surface area contributed by atoms with E-state index in [4.69, 9.17) is 23.4 Å². The third kappa shape index (κ3) is 5.90. The van der Waals surface area contributed by atoms with Crippen molar-refractivity contribution in [3.05, 3.63) is 95.1 Å². The number of H-pyrrole nitrogens is 1. The zero-order chi connectivity index (χ0) is 46.6. The lowest BCUT2D eigenvalue weighted by Crippen LogP contribution is -2.81. The fraction of sp³-hybridized carbons (Fsp3) is 0.529. The maximum absolute atomic E-state index is 15.6. The van der Waals surface area contributed by atoms with Crippen LogP contribution in [0, 0.1) is 11.3 Å². The Morgan fingerprint density at radius 3 is 2.45 bits per heavy atom. The number of hydrogen-bond acceptors (Lipinski definition) is 13. The number of aromatic nitrogens is 1. The molecule has 15 heteroatoms. The zero-order valence-corrected chi connectivity index (χ0v) is 38.9. The number of carbonyl (C=O) groups excluding carboxylic acids is 4. The van der Waals surface area contributed by atoms with Crippen LogP contribution in [0.3, 0.4) is 0 Å². The summed E-state index contributed by atoms with van der Waals surface area (Å²) in [6, 6.07) is 12.6. The van der Waals surface area contributed by atoms with Crippen LogP contribution in [0.25, 0.3) is 10.9 Å². The first-order valence-electron chi connectivity index (χ1n) is 23.3. The summed E-state index contributed by atoms with van der Waals surface area (Å²) in [5, 5.41) is 17.9. The van der Waals surface area contributed by atoms with Crippen molar-refractivity contribution in [2.45, 2.75) is 99.5 Å². The van der Waals surface area contributed by atoms with Gasteiger partial charge in [0, 0.05) is 90.9 Å². The molecule has 10 atom stereocenters. The van der Waals surface area contributed by atoms with Crippen LogP contribution in [-0.4, -0.2) is 134 Å². The minimum absolute atomic E-state index is 0.131. The third-order valence-electron chi connectivity index (χ3n) is 16.8. The molecule has 3 N–H and O–H groups in total. The van der Waals surface area contributed by atoms with Gasteiger partial charge in [-0.1, -0.05) is 44.2 Å². The summed E-state index contributed by atoms with van der Waals surface area (Å²) < 4.78 is 29.5. The number of aromatic amines is 1. The lowest BCUT2D eigenvalue weighted by atomic mass is 9.47. The molecule has 1 saturated carbocycles. The topological polar surface area (TPSA) is 176 Å². The molecule has 15 nitrogen and oxygen atoms in total. The van der Waals surface area contributed by atoms with Gasteiger partial charge in [-0.05, 0) is 80.3 Å². The van der Waals surface area contributed by atoms with Gasteiger partial charge >= 0.3 is 17.9 Å². The van der Waals surface area contributed by atoms with Crippen LogP contribution in [0.15, 0.2) is 71.6 Å². The highest BCUT2D eigenvalue weighted by molar-refractivity contribution is 5.96. The summed E-state index contributed by atoms with van der Waals surface area (Å²) in [5.74, 6) is -1.87. The standard InChI is InChI=1S/C51H61N5O10/c1-8-47(53-41(58)32-16-22-65-28-32)25-31-26-50(45(59)63-6,40-34(15-20-55(27-31)29-47)33-13-10-11-14-37(33)52-40)36-23-35-38(24-39(36)62-5)54(4)43-49(35)18-21-56-19-12-17-48(9-2,42(49)56)44(66-30(3)57)51(43,61)46(60)64-7/h10-14,16-17,22-24,28,31,42-44,52,61H,8-9,15,18-21,25-27,29H2,1-7H3,(H,53,58)/t31-,42+,43-,44-,47+,48-,49-,50+,51+/m1/s1. The van der Waals surface area contributed by atoms with Crippen LogP contribution < -0.4 is 15.0 Å². The lowest BCUT2D eigenvalue weighted by molar-refractivity contribution is -0.228. The van der Waals surface area contributed by atoms with Gasteiger partial charge < -0.3 is 48.6 Å². The van der Waals surface area contributed by atoms with E-state index in [1.165, 1.54) is 33.7 Å². The van der Waals surface area contributed by atoms with Crippen LogP contribution in [-0.2, 0) is 45.8 Å². The molecule has 2 aromatic heterocycles. The quantitative estimate of drug-likeness (QED) is 0.116. The zero-order valence-electron chi connectivity index (χ0n) is 38.9. The van der Waals surface area contributed by atoms with Crippen molar-refractivity contribution in [2.75, 3.05) is 66.0 Å². The average molecular weight is 904 g/mol. The van der Waals surface area contributed by atoms with Crippen molar-refractivity contribution in [2.24, 2.45) is 11.3 Å². The number of para-hydroxylation sites is 1. The van der Waals surface area contributed by atoms with E-state index in [0.29, 0.717) is 88.1 Å². The Hall–Kier alpha value is -5.64. The number of nitrogens with zero attached hydrogens (tertiary/aromatic N) is 3. The summed E-state index contributed by atoms with van der Waals surface area (Å²) >= 11 is 0. The van der Waals surface area contributed by atoms with E-state index in [1.807, 2.05) is 49.2 Å². The number of esters is 3. The first-order chi connectivity index (χ1) is 31.7. The van der Waals surface area contributed by atoms with Gasteiger partial charge in [0.25, 0.3) is 5.91 Å². The number of carbonyl (C=O) groups is 4. The van der Waals surface area contributed by atoms with Gasteiger partial charge in [-0.3, -0.25) is 19.3 Å². The number of hydrogen-bond donors (Lipinski definition) is 3. The second-order valence-electron chi connectivity index (χ2n) is 19.7. The highest BCUT2D eigenvalue weighted by Crippen LogP contribution is 2.68. The number of nitrogens with one attached hydrogen (secondary N) is 2. The minimum atomic E-state index is -2.33. The molecular formula is C51H61N5O10. The van der Waals surface area contributed by atoms with Gasteiger partial charge in [0.05, 0.1) is 44.7 Å². The normalized spacial score (nSPS) is 34.2. The smallest absolute Gasteiger partial charge is 0.344 e. The largest absolute Gasteiger partial charge is 0.496 e. The summed E-state index contributed by atoms with van der Waals surface area (Å²) in [4.78, 5) is 67.6. The van der Waals surface area contributed by atoms with Gasteiger partial charge in [-0.15, -0.1) is 0 Å². The summed E-state index contributed by atoms with van der Waals surface area (Å²) in [7, 11) is 6.14. The summed E-state index contributed by atoms with van der Waals surface area (Å²) in [6.07, 6.45) is 8.92. The van der Waals surface area contributed by atoms with E-state index in [-0.39, 0.29) is 17.9 Å². The van der Waals surface area contributed by atoms with Gasteiger partial charge in [0.1, 0.15) is 17.4 Å². The Kier molecular flexibility index (Phi) is 10.5. The van der Waals surface area contributed by atoms with Crippen LogP contribution in [0.4, 0.5) is 5.69 Å². The molecule has 350 valence electrons. The molecule has 2 aromatic carbocycles. The van der Waals surface area contributed by atoms with Crippen LogP contribution in [0.2, 0.25) is 0 Å². The number of likely N-dealkylation sites (N-methyl/N-ethyl adjacent to an activating group) is 1. The van der Waals surface area contributed by atoms with E-state index in [2.05, 4.69) is 45.2 Å². The minimum Gasteiger partial charge on any atom is -0.496 e. The third-order valence-corrected chi connectivity index (χ3v) is 16.8. The maximum atomic E-state index is 15.6. The van der Waals surface area contributed by atoms with Gasteiger partial charge in [0.15, 0.2) is 6.10 Å². The van der Waals surface area contributed by atoms with E-state index in [0.717, 1.165) is 33.4 Å². The summed E-state index contributed by atoms with van der Waals surface area (Å²) in [5.41, 5.74) is -1.14. The van der Waals surface area contributed by atoms with Gasteiger partial charge in [-0.2, -0.15) is 0 Å². The Morgan fingerprint density at radius 2 is 1.76 bits per heavy atom. The molecule has 1 spiro atoms. The number of ether oxygens (including phenoxy) is 4. The van der Waals surface area contributed by atoms with Crippen molar-refractivity contribution in [3.63, 3.8) is 0 Å². The Morgan fingerprint density at radius 1 is 0.970 bits per heavy atom. The fourth-order valence-corrected chi connectivity index (χ4v) is 14.4. The molecule has 1 amide bonds. The van der Waals surface area contributed by atoms with Gasteiger partial charge in [-0.25, -0.2) is 4.79 Å². The van der Waals surface area contributed by atoms with Crippen molar-refractivity contribution in [1.29, 1.82) is 0 Å². The number of methoxy groups -OCH3 is 3. The number of anilines is 1. The lowest BCUT2D eigenvalue weighted by Gasteiger charge is -2.63. The SMILES string of the molecule is CC[C@]1(NC(=O)c2ccoc2)C[C@H]2CN(CCc3c([nH]c4ccccc34)[C@@](C(=O)OC)(c3cc4c(cc3OC)N(C)[C@H]3[C@@](O)(C(=O)OC)[C@H](OC(C)=O)[C@]5(CC)C=CCN6CC[C@]43[C@@H]65)C2)C1. The van der Waals surface area contributed by atoms with Crippen molar-refractivity contribution in [1.82, 2.24) is 20.1 Å². The number of rotatable bonds is 9. The molecular weight excluding hydrogens is 843 g/mol. The number of fused-ring (bicyclic) bond motifs is 6. The van der Waals surface area contributed by atoms with Crippen molar-refractivity contribution < 1.29 is 47.6 Å². The second kappa shape index (κ2) is 15.7. The molecule has 5 aliphatic heterocycles. The van der Waals surface area contributed by atoms with E-state index >= 15 is 4.79 Å². The van der Waals surface area contributed by atoms with E-state index < -0.39 is 57.4 Å². The highest BCUT2D eigenvalue weighted by Gasteiger charge is 2.80. The molecule has 10 rings (SSSR count). The van der Waals surface area contributed by atoms with Crippen molar-refractivity contribution in [3.8, 4) is 5.75 Å². The number of benzene rings is 2. The molecule has 2 saturated heterocycles. The van der Waals surface area contributed by atoms with Crippen LogP contribution in [0.5, 0.6) is 5.75 Å². The number of amides is 1. The summed E-state index contributed by atoms with van der Waals surface area (Å²) in [6.45, 7) is 8.68. The Balaban J connectivity index is 1.23. The predicted octanol–water partition coefficient (Wildman–Crippen LogP) is 5.02. The molecule has 0 radical (unpaired) electrons. The molecule has 1 aliphatic carbocycles. The number of aliphatic hydroxyl groups is 1. The average Bonchev–Trinajstić information content (AvgIpc) is 4.13. The van der Waals surface area contributed by atoms with Crippen LogP contribution in [0.1, 0.15) is 85.6 Å². The number of furan rings is 1. The second-order valence-corrected chi connectivity index (χ2v) is 19.7. The fourth-order valence-electron chi connectivity index (χ4n) is 14.4. The number of piperidine rings is 1. The maximum Gasteiger partial charge on any atom is 0.344 e. The van der Waals surface area contributed by atoms with Gasteiger partial charge in [0.2, 0.25) is 5.60 Å². The molecule has 1 unspecified atom stereocenters. The molecule has 3 fully saturated rings. The first-order valence-corrected chi connectivity index (χ1v) is 23.3. The Bertz CT molecular complexity index is 2640.